The van der Waals surface area contributed by atoms with Crippen LogP contribution in [-0.2, 0) is 12.8 Å². The van der Waals surface area contributed by atoms with Gasteiger partial charge in [0.05, 0.1) is 11.8 Å². The van der Waals surface area contributed by atoms with Gasteiger partial charge in [-0.25, -0.2) is 9.50 Å². The predicted molar refractivity (Wildman–Crippen MR) is 73.8 cm³/mol. The summed E-state index contributed by atoms with van der Waals surface area (Å²) in [5.74, 6) is 0.597. The summed E-state index contributed by atoms with van der Waals surface area (Å²) in [6.07, 6.45) is -3.19. The highest BCUT2D eigenvalue weighted by Crippen LogP contribution is 2.30. The lowest BCUT2D eigenvalue weighted by Crippen LogP contribution is -2.10. The number of nitrogens with zero attached hydrogens (tertiary/aromatic N) is 3. The summed E-state index contributed by atoms with van der Waals surface area (Å²) < 4.78 is 45.1. The van der Waals surface area contributed by atoms with Crippen molar-refractivity contribution in [2.75, 3.05) is 0 Å². The molecule has 0 atom stereocenters. The Balaban J connectivity index is 1.95. The second-order valence-electron chi connectivity index (χ2n) is 4.47. The molecule has 8 heteroatoms. The van der Waals surface area contributed by atoms with Gasteiger partial charge in [-0.2, -0.15) is 18.3 Å². The van der Waals surface area contributed by atoms with E-state index in [-0.39, 0.29) is 17.4 Å². The van der Waals surface area contributed by atoms with Crippen LogP contribution in [0, 0.1) is 0 Å². The van der Waals surface area contributed by atoms with Gasteiger partial charge in [0.2, 0.25) is 0 Å². The van der Waals surface area contributed by atoms with Crippen LogP contribution < -0.4 is 4.74 Å². The Morgan fingerprint density at radius 3 is 2.59 bits per heavy atom. The average Bonchev–Trinajstić information content (AvgIpc) is 2.89. The van der Waals surface area contributed by atoms with Crippen molar-refractivity contribution in [3.63, 3.8) is 0 Å². The average molecular weight is 328 g/mol. The fourth-order valence-corrected chi connectivity index (χ4v) is 2.12. The first kappa shape index (κ1) is 14.6. The molecule has 0 fully saturated rings. The van der Waals surface area contributed by atoms with E-state index in [0.717, 1.165) is 10.6 Å². The number of rotatable bonds is 3. The zero-order valence-corrected chi connectivity index (χ0v) is 11.8. The lowest BCUT2D eigenvalue weighted by atomic mass is 10.3. The highest BCUT2D eigenvalue weighted by molar-refractivity contribution is 6.29. The van der Waals surface area contributed by atoms with Crippen molar-refractivity contribution >= 4 is 17.2 Å². The summed E-state index contributed by atoms with van der Waals surface area (Å²) in [5, 5.41) is 3.76. The molecular weight excluding hydrogens is 319 g/mol. The third-order valence-electron chi connectivity index (χ3n) is 2.93. The molecule has 4 nitrogen and oxygen atoms in total. The van der Waals surface area contributed by atoms with E-state index in [9.17, 15) is 13.2 Å². The summed E-state index contributed by atoms with van der Waals surface area (Å²) in [7, 11) is 0. The summed E-state index contributed by atoms with van der Waals surface area (Å²) in [6.45, 7) is 0.0398. The van der Waals surface area contributed by atoms with Gasteiger partial charge < -0.3 is 4.74 Å². The maximum atomic E-state index is 12.8. The molecule has 0 amide bonds. The van der Waals surface area contributed by atoms with Crippen LogP contribution in [0.5, 0.6) is 5.75 Å². The van der Waals surface area contributed by atoms with Gasteiger partial charge in [0.25, 0.3) is 0 Å². The van der Waals surface area contributed by atoms with Crippen LogP contribution in [0.1, 0.15) is 11.3 Å². The SMILES string of the molecule is FC(F)(F)c1cc(Cl)n2ncc(COc3ccccc3)c2n1. The van der Waals surface area contributed by atoms with Crippen LogP contribution in [0.25, 0.3) is 5.65 Å². The first-order chi connectivity index (χ1) is 10.4. The third kappa shape index (κ3) is 2.85. The smallest absolute Gasteiger partial charge is 0.433 e. The minimum Gasteiger partial charge on any atom is -0.489 e. The lowest BCUT2D eigenvalue weighted by Gasteiger charge is -2.08. The van der Waals surface area contributed by atoms with E-state index in [1.165, 1.54) is 6.20 Å². The molecule has 0 saturated carbocycles. The van der Waals surface area contributed by atoms with E-state index in [0.29, 0.717) is 11.3 Å². The van der Waals surface area contributed by atoms with Crippen LogP contribution >= 0.6 is 11.6 Å². The monoisotopic (exact) mass is 327 g/mol. The maximum absolute atomic E-state index is 12.8. The van der Waals surface area contributed by atoms with Crippen LogP contribution in [0.4, 0.5) is 13.2 Å². The molecule has 0 aliphatic carbocycles. The van der Waals surface area contributed by atoms with Gasteiger partial charge in [-0.05, 0) is 12.1 Å². The van der Waals surface area contributed by atoms with Crippen molar-refractivity contribution in [2.24, 2.45) is 0 Å². The van der Waals surface area contributed by atoms with E-state index in [4.69, 9.17) is 16.3 Å². The van der Waals surface area contributed by atoms with E-state index in [2.05, 4.69) is 10.1 Å². The fourth-order valence-electron chi connectivity index (χ4n) is 1.90. The summed E-state index contributed by atoms with van der Waals surface area (Å²) in [6, 6.07) is 9.65. The Labute approximate surface area is 128 Å². The Kier molecular flexibility index (Phi) is 3.66. The molecule has 2 aromatic heterocycles. The molecule has 22 heavy (non-hydrogen) atoms. The number of fused-ring (bicyclic) bond motifs is 1. The number of hydrogen-bond acceptors (Lipinski definition) is 3. The fraction of sp³-hybridized carbons (Fsp3) is 0.143. The van der Waals surface area contributed by atoms with Gasteiger partial charge in [0.1, 0.15) is 23.2 Å². The van der Waals surface area contributed by atoms with Crippen molar-refractivity contribution in [2.45, 2.75) is 12.8 Å². The molecule has 0 bridgehead atoms. The molecule has 0 unspecified atom stereocenters. The predicted octanol–water partition coefficient (Wildman–Crippen LogP) is 3.98. The third-order valence-corrected chi connectivity index (χ3v) is 3.20. The van der Waals surface area contributed by atoms with E-state index >= 15 is 0 Å². The highest BCUT2D eigenvalue weighted by Gasteiger charge is 2.34. The molecular formula is C14H9ClF3N3O. The Bertz CT molecular complexity index is 802. The van der Waals surface area contributed by atoms with E-state index in [1.54, 1.807) is 24.3 Å². The molecule has 1 aromatic carbocycles. The minimum absolute atomic E-state index is 0.0238. The first-order valence-corrected chi connectivity index (χ1v) is 6.61. The first-order valence-electron chi connectivity index (χ1n) is 6.23. The zero-order valence-electron chi connectivity index (χ0n) is 11.0. The maximum Gasteiger partial charge on any atom is 0.433 e. The van der Waals surface area contributed by atoms with Gasteiger partial charge in [0, 0.05) is 6.07 Å². The molecule has 0 saturated heterocycles. The topological polar surface area (TPSA) is 39.4 Å². The van der Waals surface area contributed by atoms with Gasteiger partial charge in [-0.3, -0.25) is 0 Å². The van der Waals surface area contributed by atoms with Crippen LogP contribution in [-0.4, -0.2) is 14.6 Å². The molecule has 0 aliphatic heterocycles. The van der Waals surface area contributed by atoms with E-state index in [1.807, 2.05) is 6.07 Å². The van der Waals surface area contributed by atoms with Crippen LogP contribution in [0.2, 0.25) is 5.15 Å². The molecule has 0 spiro atoms. The number of hydrogen-bond donors (Lipinski definition) is 0. The highest BCUT2D eigenvalue weighted by atomic mass is 35.5. The molecule has 2 heterocycles. The Morgan fingerprint density at radius 1 is 1.18 bits per heavy atom. The van der Waals surface area contributed by atoms with E-state index < -0.39 is 11.9 Å². The quantitative estimate of drug-likeness (QED) is 0.683. The molecule has 3 aromatic rings. The number of ether oxygens (including phenoxy) is 1. The normalized spacial score (nSPS) is 11.8. The van der Waals surface area contributed by atoms with Gasteiger partial charge >= 0.3 is 6.18 Å². The minimum atomic E-state index is -4.58. The van der Waals surface area contributed by atoms with Crippen molar-refractivity contribution in [1.82, 2.24) is 14.6 Å². The van der Waals surface area contributed by atoms with Crippen molar-refractivity contribution < 1.29 is 17.9 Å². The van der Waals surface area contributed by atoms with Crippen LogP contribution in [0.3, 0.4) is 0 Å². The van der Waals surface area contributed by atoms with Crippen molar-refractivity contribution in [3.05, 3.63) is 59.0 Å². The standard InChI is InChI=1S/C14H9ClF3N3O/c15-12-6-11(14(16,17)18)20-13-9(7-19-21(12)13)8-22-10-4-2-1-3-5-10/h1-7H,8H2. The van der Waals surface area contributed by atoms with Gasteiger partial charge in [-0.15, -0.1) is 0 Å². The van der Waals surface area contributed by atoms with Crippen LogP contribution in [0.15, 0.2) is 42.6 Å². The number of alkyl halides is 3. The molecule has 0 aliphatic rings. The summed E-state index contributed by atoms with van der Waals surface area (Å²) in [5.41, 5.74) is -0.626. The largest absolute Gasteiger partial charge is 0.489 e. The summed E-state index contributed by atoms with van der Waals surface area (Å²) >= 11 is 5.82. The molecule has 3 rings (SSSR count). The molecule has 114 valence electrons. The van der Waals surface area contributed by atoms with Gasteiger partial charge in [-0.1, -0.05) is 29.8 Å². The van der Waals surface area contributed by atoms with Crippen molar-refractivity contribution in [3.8, 4) is 5.75 Å². The zero-order chi connectivity index (χ0) is 15.7. The number of aromatic nitrogens is 3. The number of para-hydroxylation sites is 1. The number of benzene rings is 1. The molecule has 0 radical (unpaired) electrons. The second-order valence-corrected chi connectivity index (χ2v) is 4.86. The Hall–Kier alpha value is -2.28. The number of halogens is 4. The van der Waals surface area contributed by atoms with Gasteiger partial charge in [0.15, 0.2) is 5.65 Å². The second kappa shape index (κ2) is 5.49. The lowest BCUT2D eigenvalue weighted by molar-refractivity contribution is -0.141. The summed E-state index contributed by atoms with van der Waals surface area (Å²) in [4.78, 5) is 3.59. The Morgan fingerprint density at radius 2 is 1.91 bits per heavy atom. The molecule has 0 N–H and O–H groups in total. The van der Waals surface area contributed by atoms with Crippen molar-refractivity contribution in [1.29, 1.82) is 0 Å².